The SMILES string of the molecule is Cl[C@H]1CCC[C@H]1[Te](Cl)(Cl)Cl. The maximum absolute atomic E-state index is 5.96. The predicted molar refractivity (Wildman–Crippen MR) is 50.6 cm³/mol. The molecule has 10 heavy (non-hydrogen) atoms. The van der Waals surface area contributed by atoms with Crippen LogP contribution in [0.5, 0.6) is 0 Å². The second kappa shape index (κ2) is 3.77. The van der Waals surface area contributed by atoms with Gasteiger partial charge >= 0.3 is 81.9 Å². The molecule has 1 aliphatic carbocycles. The van der Waals surface area contributed by atoms with Crippen LogP contribution in [-0.2, 0) is 0 Å². The summed E-state index contributed by atoms with van der Waals surface area (Å²) in [6, 6.07) is 0. The van der Waals surface area contributed by atoms with Gasteiger partial charge in [0.25, 0.3) is 0 Å². The standard InChI is InChI=1S/C5H8Cl4Te/c6-4-2-1-3-5(4)10(7,8)9/h4-5H,1-3H2/t4-,5+/m0/s1. The summed E-state index contributed by atoms with van der Waals surface area (Å²) in [6.07, 6.45) is 3.16. The van der Waals surface area contributed by atoms with Crippen molar-refractivity contribution in [1.82, 2.24) is 0 Å². The van der Waals surface area contributed by atoms with Crippen molar-refractivity contribution in [3.8, 4) is 0 Å². The average Bonchev–Trinajstić information content (AvgIpc) is 2.11. The predicted octanol–water partition coefficient (Wildman–Crippen LogP) is 3.80. The molecule has 5 heteroatoms. The first-order valence-corrected chi connectivity index (χ1v) is 13.7. The number of rotatable bonds is 1. The van der Waals surface area contributed by atoms with Crippen LogP contribution >= 0.6 is 38.5 Å². The Kier molecular flexibility index (Phi) is 3.79. The van der Waals surface area contributed by atoms with Gasteiger partial charge in [-0.15, -0.1) is 0 Å². The third-order valence-electron chi connectivity index (χ3n) is 1.72. The summed E-state index contributed by atoms with van der Waals surface area (Å²) in [5, 5.41) is 0.133. The van der Waals surface area contributed by atoms with E-state index in [4.69, 9.17) is 38.5 Å². The molecule has 0 radical (unpaired) electrons. The van der Waals surface area contributed by atoms with Gasteiger partial charge < -0.3 is 0 Å². The summed E-state index contributed by atoms with van der Waals surface area (Å²) in [4.78, 5) is 0. The van der Waals surface area contributed by atoms with E-state index in [0.717, 1.165) is 19.3 Å². The molecule has 0 spiro atoms. The van der Waals surface area contributed by atoms with Crippen molar-refractivity contribution in [2.24, 2.45) is 0 Å². The van der Waals surface area contributed by atoms with Crippen molar-refractivity contribution in [2.75, 3.05) is 0 Å². The van der Waals surface area contributed by atoms with Crippen molar-refractivity contribution >= 4 is 53.3 Å². The minimum atomic E-state index is -3.00. The molecule has 0 aromatic carbocycles. The fraction of sp³-hybridized carbons (Fsp3) is 1.00. The zero-order valence-electron chi connectivity index (χ0n) is 5.20. The van der Waals surface area contributed by atoms with Gasteiger partial charge in [0.15, 0.2) is 0 Å². The van der Waals surface area contributed by atoms with Crippen molar-refractivity contribution in [1.29, 1.82) is 0 Å². The molecule has 0 saturated heterocycles. The van der Waals surface area contributed by atoms with Gasteiger partial charge in [-0.25, -0.2) is 0 Å². The Morgan fingerprint density at radius 3 is 1.90 bits per heavy atom. The molecular formula is C5H8Cl4Te. The molecule has 1 rings (SSSR count). The zero-order valence-corrected chi connectivity index (χ0v) is 10.6. The molecule has 1 aliphatic rings. The zero-order chi connectivity index (χ0) is 7.78. The first-order chi connectivity index (χ1) is 4.52. The second-order valence-electron chi connectivity index (χ2n) is 2.43. The van der Waals surface area contributed by atoms with Crippen LogP contribution in [0.4, 0.5) is 0 Å². The Morgan fingerprint density at radius 1 is 1.10 bits per heavy atom. The normalized spacial score (nSPS) is 36.4. The van der Waals surface area contributed by atoms with Crippen LogP contribution in [0, 0.1) is 0 Å². The van der Waals surface area contributed by atoms with Crippen molar-refractivity contribution < 1.29 is 0 Å². The van der Waals surface area contributed by atoms with E-state index in [1.165, 1.54) is 0 Å². The molecule has 62 valence electrons. The van der Waals surface area contributed by atoms with Gasteiger partial charge in [0.1, 0.15) is 0 Å². The molecule has 0 N–H and O–H groups in total. The summed E-state index contributed by atoms with van der Waals surface area (Å²) in [5.74, 6) is 0. The fourth-order valence-electron chi connectivity index (χ4n) is 1.18. The van der Waals surface area contributed by atoms with Crippen LogP contribution in [-0.4, -0.2) is 20.2 Å². The molecule has 0 aromatic rings. The van der Waals surface area contributed by atoms with Gasteiger partial charge in [-0.3, -0.25) is 0 Å². The quantitative estimate of drug-likeness (QED) is 0.504. The Morgan fingerprint density at radius 2 is 1.70 bits per heavy atom. The molecule has 0 aliphatic heterocycles. The van der Waals surface area contributed by atoms with Gasteiger partial charge in [-0.2, -0.15) is 0 Å². The van der Waals surface area contributed by atoms with E-state index in [9.17, 15) is 0 Å². The van der Waals surface area contributed by atoms with Gasteiger partial charge in [0.2, 0.25) is 0 Å². The van der Waals surface area contributed by atoms with E-state index in [2.05, 4.69) is 0 Å². The van der Waals surface area contributed by atoms with E-state index in [1.807, 2.05) is 0 Å². The monoisotopic (exact) mass is 338 g/mol. The molecule has 0 amide bonds. The molecule has 0 aromatic heterocycles. The Labute approximate surface area is 81.2 Å². The number of halogens is 4. The van der Waals surface area contributed by atoms with Gasteiger partial charge in [-0.05, 0) is 0 Å². The Hall–Kier alpha value is 1.95. The Balaban J connectivity index is 2.55. The summed E-state index contributed by atoms with van der Waals surface area (Å²) in [7, 11) is 17.6. The topological polar surface area (TPSA) is 0 Å². The Bertz CT molecular complexity index is 121. The van der Waals surface area contributed by atoms with Gasteiger partial charge in [-0.1, -0.05) is 0 Å². The molecule has 1 saturated carbocycles. The number of hydrogen-bond acceptors (Lipinski definition) is 0. The molecule has 0 bridgehead atoms. The summed E-state index contributed by atoms with van der Waals surface area (Å²) in [5.41, 5.74) is 0. The van der Waals surface area contributed by atoms with Gasteiger partial charge in [0, 0.05) is 0 Å². The fourth-order valence-corrected chi connectivity index (χ4v) is 10.4. The first kappa shape index (κ1) is 10.0. The summed E-state index contributed by atoms with van der Waals surface area (Å²) < 4.78 is 0.231. The molecule has 1 fully saturated rings. The molecule has 0 nitrogen and oxygen atoms in total. The van der Waals surface area contributed by atoms with Crippen LogP contribution < -0.4 is 0 Å². The molecule has 0 unspecified atom stereocenters. The minimum absolute atomic E-state index is 0.133. The van der Waals surface area contributed by atoms with E-state index in [1.54, 1.807) is 0 Å². The third-order valence-corrected chi connectivity index (χ3v) is 10.9. The summed E-state index contributed by atoms with van der Waals surface area (Å²) in [6.45, 7) is 0. The van der Waals surface area contributed by atoms with Crippen LogP contribution in [0.2, 0.25) is 3.97 Å². The molecule has 0 heterocycles. The van der Waals surface area contributed by atoms with Gasteiger partial charge in [0.05, 0.1) is 0 Å². The average molecular weight is 338 g/mol. The van der Waals surface area contributed by atoms with Crippen LogP contribution in [0.15, 0.2) is 0 Å². The van der Waals surface area contributed by atoms with Crippen LogP contribution in [0.3, 0.4) is 0 Å². The van der Waals surface area contributed by atoms with E-state index in [-0.39, 0.29) is 9.34 Å². The van der Waals surface area contributed by atoms with E-state index in [0.29, 0.717) is 0 Å². The van der Waals surface area contributed by atoms with Crippen molar-refractivity contribution in [3.63, 3.8) is 0 Å². The van der Waals surface area contributed by atoms with Crippen LogP contribution in [0.1, 0.15) is 19.3 Å². The molecule has 2 atom stereocenters. The van der Waals surface area contributed by atoms with Crippen LogP contribution in [0.25, 0.3) is 0 Å². The van der Waals surface area contributed by atoms with Crippen molar-refractivity contribution in [2.45, 2.75) is 28.6 Å². The third kappa shape index (κ3) is 2.47. The number of alkyl halides is 1. The molecular weight excluding hydrogens is 329 g/mol. The second-order valence-corrected chi connectivity index (χ2v) is 20.2. The number of hydrogen-bond donors (Lipinski definition) is 0. The first-order valence-electron chi connectivity index (χ1n) is 3.07. The van der Waals surface area contributed by atoms with Crippen molar-refractivity contribution in [3.05, 3.63) is 0 Å². The summed E-state index contributed by atoms with van der Waals surface area (Å²) >= 11 is 2.96. The van der Waals surface area contributed by atoms with E-state index < -0.39 is 14.8 Å². The van der Waals surface area contributed by atoms with E-state index >= 15 is 0 Å². The maximum atomic E-state index is 5.96.